The number of aromatic hydroxyl groups is 1. The van der Waals surface area contributed by atoms with E-state index >= 15 is 0 Å². The summed E-state index contributed by atoms with van der Waals surface area (Å²) in [5, 5.41) is 11.5. The van der Waals surface area contributed by atoms with Gasteiger partial charge in [0.2, 0.25) is 23.6 Å². The van der Waals surface area contributed by atoms with Crippen LogP contribution in [-0.4, -0.2) is 35.8 Å². The van der Waals surface area contributed by atoms with E-state index in [4.69, 9.17) is 4.74 Å². The van der Waals surface area contributed by atoms with Gasteiger partial charge >= 0.3 is 0 Å². The average molecular weight is 680 g/mol. The summed E-state index contributed by atoms with van der Waals surface area (Å²) in [4.78, 5) is 59.1. The first kappa shape index (κ1) is 29.9. The Hall–Kier alpha value is -4.76. The van der Waals surface area contributed by atoms with Crippen LogP contribution in [0, 0.1) is 29.6 Å². The largest absolute Gasteiger partial charge is 0.504 e. The van der Waals surface area contributed by atoms with Crippen molar-refractivity contribution >= 4 is 63.1 Å². The number of anilines is 2. The van der Waals surface area contributed by atoms with Crippen molar-refractivity contribution in [1.82, 2.24) is 0 Å². The maximum Gasteiger partial charge on any atom is 0.238 e. The highest BCUT2D eigenvalue weighted by molar-refractivity contribution is 9.10. The quantitative estimate of drug-likeness (QED) is 0.236. The summed E-state index contributed by atoms with van der Waals surface area (Å²) >= 11 is 3.52. The van der Waals surface area contributed by atoms with E-state index in [1.54, 1.807) is 72.8 Å². The van der Waals surface area contributed by atoms with Gasteiger partial charge in [0, 0.05) is 16.0 Å². The number of rotatable bonds is 6. The van der Waals surface area contributed by atoms with Crippen LogP contribution >= 0.6 is 15.9 Å². The number of amides is 4. The minimum absolute atomic E-state index is 0.134. The molecule has 1 N–H and O–H groups in total. The molecule has 3 aromatic rings. The van der Waals surface area contributed by atoms with Crippen LogP contribution in [0.4, 0.5) is 11.4 Å². The second kappa shape index (κ2) is 11.2. The molecule has 1 saturated carbocycles. The minimum Gasteiger partial charge on any atom is -0.504 e. The molecule has 9 heteroatoms. The molecule has 4 amide bonds. The molecule has 6 unspecified atom stereocenters. The summed E-state index contributed by atoms with van der Waals surface area (Å²) in [5.74, 6) is -5.39. The average Bonchev–Trinajstić information content (AvgIpc) is 3.48. The van der Waals surface area contributed by atoms with E-state index in [1.807, 2.05) is 6.08 Å². The lowest BCUT2D eigenvalue weighted by atomic mass is 9.57. The number of halogens is 1. The number of hydrogen-bond acceptors (Lipinski definition) is 6. The number of carbonyl (C=O) groups excluding carboxylic acids is 4. The number of hydrogen-bond donors (Lipinski definition) is 1. The molecular weight excluding hydrogens is 648 g/mol. The fraction of sp³-hybridized carbons (Fsp3) is 0.243. The van der Waals surface area contributed by atoms with Gasteiger partial charge in [0.25, 0.3) is 0 Å². The van der Waals surface area contributed by atoms with Crippen LogP contribution in [0.2, 0.25) is 0 Å². The molecule has 7 rings (SSSR count). The molecule has 3 fully saturated rings. The number of fused-ring (bicyclic) bond motifs is 4. The van der Waals surface area contributed by atoms with E-state index < -0.39 is 35.5 Å². The molecule has 0 aromatic heterocycles. The van der Waals surface area contributed by atoms with Gasteiger partial charge in [-0.25, -0.2) is 0 Å². The molecule has 0 bridgehead atoms. The molecule has 8 nitrogen and oxygen atoms in total. The number of allylic oxidation sites excluding steroid dienone is 2. The number of imide groups is 2. The zero-order chi connectivity index (χ0) is 32.4. The van der Waals surface area contributed by atoms with Crippen LogP contribution in [0.15, 0.2) is 89.9 Å². The Morgan fingerprint density at radius 1 is 0.783 bits per heavy atom. The van der Waals surface area contributed by atoms with Gasteiger partial charge in [-0.05, 0) is 66.3 Å². The molecule has 0 spiro atoms. The molecule has 2 aliphatic heterocycles. The molecule has 2 heterocycles. The van der Waals surface area contributed by atoms with Gasteiger partial charge in [-0.1, -0.05) is 77.2 Å². The summed E-state index contributed by atoms with van der Waals surface area (Å²) in [5.41, 5.74) is 3.85. The zero-order valence-corrected chi connectivity index (χ0v) is 26.6. The highest BCUT2D eigenvalue weighted by Crippen LogP contribution is 2.60. The van der Waals surface area contributed by atoms with Crippen LogP contribution in [0.3, 0.4) is 0 Å². The Bertz CT molecular complexity index is 1860. The number of methoxy groups -OCH3 is 1. The number of ether oxygens (including phenoxy) is 1. The van der Waals surface area contributed by atoms with Crippen molar-refractivity contribution < 1.29 is 29.0 Å². The number of nitrogens with zero attached hydrogens (tertiary/aromatic N) is 2. The first-order valence-corrected chi connectivity index (χ1v) is 15.9. The van der Waals surface area contributed by atoms with Gasteiger partial charge in [0.15, 0.2) is 11.5 Å². The standard InChI is InChI=1S/C37H31BrN2O6/c1-4-19-6-10-22(11-7-19)39-34(42)25-15-14-24-26(31(25)36(39)44)18-28-32(30(24)27-16-21(38)17-29(46-3)33(27)41)37(45)40(35(28)43)23-12-8-20(5-2)9-13-23/h4-14,16-17,25-26,28,30-32,41H,1-2,15,18H2,3H3. The fourth-order valence-corrected chi connectivity index (χ4v) is 8.41. The van der Waals surface area contributed by atoms with Crippen LogP contribution in [0.5, 0.6) is 11.5 Å². The van der Waals surface area contributed by atoms with Crippen molar-refractivity contribution in [3.63, 3.8) is 0 Å². The highest BCUT2D eigenvalue weighted by Gasteiger charge is 2.62. The molecule has 6 atom stereocenters. The van der Waals surface area contributed by atoms with E-state index in [9.17, 15) is 24.3 Å². The zero-order valence-electron chi connectivity index (χ0n) is 25.1. The normalized spacial score (nSPS) is 26.8. The van der Waals surface area contributed by atoms with Crippen molar-refractivity contribution in [3.05, 3.63) is 107 Å². The number of phenolic OH excluding ortho intramolecular Hbond substituents is 1. The van der Waals surface area contributed by atoms with Gasteiger partial charge < -0.3 is 9.84 Å². The lowest BCUT2D eigenvalue weighted by molar-refractivity contribution is -0.126. The van der Waals surface area contributed by atoms with Crippen molar-refractivity contribution in [2.45, 2.75) is 18.8 Å². The fourth-order valence-electron chi connectivity index (χ4n) is 7.95. The molecule has 46 heavy (non-hydrogen) atoms. The Kier molecular flexibility index (Phi) is 7.31. The van der Waals surface area contributed by atoms with Gasteiger partial charge in [-0.15, -0.1) is 0 Å². The molecule has 2 aliphatic carbocycles. The van der Waals surface area contributed by atoms with Crippen molar-refractivity contribution in [1.29, 1.82) is 0 Å². The Labute approximate surface area is 274 Å². The summed E-state index contributed by atoms with van der Waals surface area (Å²) in [6, 6.07) is 17.5. The monoisotopic (exact) mass is 678 g/mol. The third-order valence-corrected chi connectivity index (χ3v) is 10.5. The smallest absolute Gasteiger partial charge is 0.238 e. The van der Waals surface area contributed by atoms with Crippen LogP contribution in [0.25, 0.3) is 12.2 Å². The van der Waals surface area contributed by atoms with Crippen LogP contribution in [0.1, 0.15) is 35.4 Å². The maximum absolute atomic E-state index is 14.3. The summed E-state index contributed by atoms with van der Waals surface area (Å²) in [7, 11) is 1.44. The highest BCUT2D eigenvalue weighted by atomic mass is 79.9. The van der Waals surface area contributed by atoms with E-state index in [2.05, 4.69) is 29.1 Å². The van der Waals surface area contributed by atoms with Crippen molar-refractivity contribution in [2.75, 3.05) is 16.9 Å². The molecular formula is C37H31BrN2O6. The molecule has 3 aromatic carbocycles. The summed E-state index contributed by atoms with van der Waals surface area (Å²) < 4.78 is 6.09. The molecule has 0 radical (unpaired) electrons. The Morgan fingerprint density at radius 3 is 1.87 bits per heavy atom. The minimum atomic E-state index is -0.828. The SMILES string of the molecule is C=Cc1ccc(N2C(=O)C3CC=C4C(CC5C(=O)N(c6ccc(C=C)cc6)C(=O)C5C4c4cc(Br)cc(OC)c4O)C3C2=O)cc1. The number of carbonyl (C=O) groups is 4. The molecule has 2 saturated heterocycles. The second-order valence-corrected chi connectivity index (χ2v) is 13.1. The number of phenols is 1. The third-order valence-electron chi connectivity index (χ3n) is 10.0. The first-order chi connectivity index (χ1) is 22.2. The van der Waals surface area contributed by atoms with E-state index in [1.165, 1.54) is 16.9 Å². The van der Waals surface area contributed by atoms with Gasteiger partial charge in [0.1, 0.15) is 0 Å². The van der Waals surface area contributed by atoms with Crippen LogP contribution in [-0.2, 0) is 19.2 Å². The van der Waals surface area contributed by atoms with Crippen molar-refractivity contribution in [3.8, 4) is 11.5 Å². The van der Waals surface area contributed by atoms with Crippen LogP contribution < -0.4 is 14.5 Å². The van der Waals surface area contributed by atoms with Crippen molar-refractivity contribution in [2.24, 2.45) is 29.6 Å². The molecule has 232 valence electrons. The third kappa shape index (κ3) is 4.40. The molecule has 4 aliphatic rings. The van der Waals surface area contributed by atoms with E-state index in [0.717, 1.165) is 16.7 Å². The Morgan fingerprint density at radius 2 is 1.33 bits per heavy atom. The topological polar surface area (TPSA) is 104 Å². The maximum atomic E-state index is 14.3. The summed E-state index contributed by atoms with van der Waals surface area (Å²) in [6.07, 6.45) is 5.86. The van der Waals surface area contributed by atoms with E-state index in [-0.39, 0.29) is 41.5 Å². The lowest BCUT2D eigenvalue weighted by Crippen LogP contribution is -2.43. The second-order valence-electron chi connectivity index (χ2n) is 12.2. The Balaban J connectivity index is 1.35. The predicted octanol–water partition coefficient (Wildman–Crippen LogP) is 6.49. The first-order valence-electron chi connectivity index (χ1n) is 15.2. The summed E-state index contributed by atoms with van der Waals surface area (Å²) in [6.45, 7) is 7.56. The number of benzene rings is 3. The lowest BCUT2D eigenvalue weighted by Gasteiger charge is -2.44. The van der Waals surface area contributed by atoms with Gasteiger partial charge in [0.05, 0.1) is 42.2 Å². The van der Waals surface area contributed by atoms with E-state index in [0.29, 0.717) is 27.8 Å². The predicted molar refractivity (Wildman–Crippen MR) is 178 cm³/mol. The van der Waals surface area contributed by atoms with Gasteiger partial charge in [-0.3, -0.25) is 29.0 Å². The van der Waals surface area contributed by atoms with Gasteiger partial charge in [-0.2, -0.15) is 0 Å².